The summed E-state index contributed by atoms with van der Waals surface area (Å²) in [5.41, 5.74) is 1.49. The van der Waals surface area contributed by atoms with Gasteiger partial charge in [0.15, 0.2) is 0 Å². The van der Waals surface area contributed by atoms with Crippen LogP contribution in [0.5, 0.6) is 11.5 Å². The second kappa shape index (κ2) is 14.4. The minimum atomic E-state index is -4.18. The Kier molecular flexibility index (Phi) is 11.2. The molecule has 3 aromatic carbocycles. The third-order valence-electron chi connectivity index (χ3n) is 6.69. The summed E-state index contributed by atoms with van der Waals surface area (Å²) in [6.07, 6.45) is 0.327. The fraction of sp³-hybridized carbons (Fsp3) is 0.394. The Labute approximate surface area is 255 Å². The average molecular weight is 610 g/mol. The highest BCUT2D eigenvalue weighted by Gasteiger charge is 2.34. The van der Waals surface area contributed by atoms with Crippen LogP contribution in [0.3, 0.4) is 0 Å². The van der Waals surface area contributed by atoms with Crippen molar-refractivity contribution in [1.29, 1.82) is 0 Å². The van der Waals surface area contributed by atoms with E-state index in [1.54, 1.807) is 55.6 Å². The zero-order valence-electron chi connectivity index (χ0n) is 26.1. The number of sulfonamides is 1. The molecule has 0 saturated heterocycles. The molecule has 0 fully saturated rings. The fourth-order valence-corrected chi connectivity index (χ4v) is 6.00. The number of carbonyl (C=O) groups is 2. The molecule has 0 bridgehead atoms. The maximum atomic E-state index is 14.2. The SMILES string of the molecule is CCOc1ccc(S(=O)(=O)N(CC(=O)N(Cc2cccc(OC)c2)C(CC)C(=O)NC(C)(C)C)c2ccc(C)cc2)cc1. The molecule has 1 atom stereocenters. The zero-order valence-corrected chi connectivity index (χ0v) is 26.9. The van der Waals surface area contributed by atoms with Crippen molar-refractivity contribution in [1.82, 2.24) is 10.2 Å². The number of nitrogens with one attached hydrogen (secondary N) is 1. The molecule has 0 spiro atoms. The van der Waals surface area contributed by atoms with Gasteiger partial charge < -0.3 is 19.7 Å². The van der Waals surface area contributed by atoms with Crippen molar-refractivity contribution in [3.63, 3.8) is 0 Å². The molecule has 1 unspecified atom stereocenters. The van der Waals surface area contributed by atoms with Gasteiger partial charge in [-0.25, -0.2) is 8.42 Å². The van der Waals surface area contributed by atoms with Gasteiger partial charge in [0.05, 0.1) is 24.3 Å². The molecule has 0 aliphatic heterocycles. The first-order valence-corrected chi connectivity index (χ1v) is 15.8. The molecule has 3 rings (SSSR count). The van der Waals surface area contributed by atoms with Crippen LogP contribution in [0, 0.1) is 6.92 Å². The number of hydrogen-bond donors (Lipinski definition) is 1. The highest BCUT2D eigenvalue weighted by molar-refractivity contribution is 7.92. The molecular weight excluding hydrogens is 566 g/mol. The molecule has 0 heterocycles. The Hall–Kier alpha value is -4.05. The van der Waals surface area contributed by atoms with E-state index in [1.165, 1.54) is 17.0 Å². The molecule has 2 amide bonds. The van der Waals surface area contributed by atoms with Crippen molar-refractivity contribution in [3.8, 4) is 11.5 Å². The molecule has 1 N–H and O–H groups in total. The lowest BCUT2D eigenvalue weighted by Crippen LogP contribution is -2.55. The van der Waals surface area contributed by atoms with E-state index >= 15 is 0 Å². The second-order valence-corrected chi connectivity index (χ2v) is 13.2. The van der Waals surface area contributed by atoms with Gasteiger partial charge in [0.1, 0.15) is 24.1 Å². The largest absolute Gasteiger partial charge is 0.497 e. The van der Waals surface area contributed by atoms with E-state index in [2.05, 4.69) is 5.32 Å². The molecule has 3 aromatic rings. The summed E-state index contributed by atoms with van der Waals surface area (Å²) < 4.78 is 40.1. The number of anilines is 1. The lowest BCUT2D eigenvalue weighted by Gasteiger charge is -2.34. The standard InChI is InChI=1S/C33H43N3O6S/c1-8-30(32(38)34-33(4,5)6)35(22-25-11-10-12-28(21-25)41-7)31(37)23-36(26-15-13-24(3)14-16-26)43(39,40)29-19-17-27(18-20-29)42-9-2/h10-21,30H,8-9,22-23H2,1-7H3,(H,34,38). The predicted molar refractivity (Wildman–Crippen MR) is 169 cm³/mol. The number of benzene rings is 3. The molecule has 10 heteroatoms. The van der Waals surface area contributed by atoms with E-state index in [-0.39, 0.29) is 17.3 Å². The van der Waals surface area contributed by atoms with Crippen LogP contribution in [0.1, 0.15) is 52.2 Å². The van der Waals surface area contributed by atoms with Crippen LogP contribution in [0.15, 0.2) is 77.7 Å². The van der Waals surface area contributed by atoms with Crippen molar-refractivity contribution >= 4 is 27.5 Å². The fourth-order valence-electron chi connectivity index (χ4n) is 4.58. The third-order valence-corrected chi connectivity index (χ3v) is 8.48. The molecule has 232 valence electrons. The van der Waals surface area contributed by atoms with E-state index in [4.69, 9.17) is 9.47 Å². The van der Waals surface area contributed by atoms with Gasteiger partial charge >= 0.3 is 0 Å². The minimum Gasteiger partial charge on any atom is -0.497 e. The van der Waals surface area contributed by atoms with Gasteiger partial charge in [0.25, 0.3) is 10.0 Å². The van der Waals surface area contributed by atoms with Gasteiger partial charge in [-0.15, -0.1) is 0 Å². The predicted octanol–water partition coefficient (Wildman–Crippen LogP) is 5.32. The Morgan fingerprint density at radius 2 is 1.58 bits per heavy atom. The van der Waals surface area contributed by atoms with Gasteiger partial charge in [0.2, 0.25) is 11.8 Å². The van der Waals surface area contributed by atoms with Crippen LogP contribution in [0.2, 0.25) is 0 Å². The highest BCUT2D eigenvalue weighted by Crippen LogP contribution is 2.27. The van der Waals surface area contributed by atoms with Crippen LogP contribution in [0.25, 0.3) is 0 Å². The molecule has 9 nitrogen and oxygen atoms in total. The number of carbonyl (C=O) groups excluding carboxylic acids is 2. The lowest BCUT2D eigenvalue weighted by atomic mass is 10.1. The average Bonchev–Trinajstić information content (AvgIpc) is 2.96. The number of amides is 2. The van der Waals surface area contributed by atoms with Crippen LogP contribution < -0.4 is 19.1 Å². The first-order chi connectivity index (χ1) is 20.3. The van der Waals surface area contributed by atoms with E-state index in [9.17, 15) is 18.0 Å². The van der Waals surface area contributed by atoms with Gasteiger partial charge in [-0.2, -0.15) is 0 Å². The van der Waals surface area contributed by atoms with Crippen molar-refractivity contribution in [3.05, 3.63) is 83.9 Å². The highest BCUT2D eigenvalue weighted by atomic mass is 32.2. The maximum Gasteiger partial charge on any atom is 0.264 e. The quantitative estimate of drug-likeness (QED) is 0.281. The van der Waals surface area contributed by atoms with Crippen LogP contribution in [-0.4, -0.2) is 57.0 Å². The van der Waals surface area contributed by atoms with Gasteiger partial charge in [0, 0.05) is 12.1 Å². The van der Waals surface area contributed by atoms with Gasteiger partial charge in [-0.1, -0.05) is 36.8 Å². The van der Waals surface area contributed by atoms with Crippen molar-refractivity contribution in [2.45, 2.75) is 71.0 Å². The molecule has 43 heavy (non-hydrogen) atoms. The lowest BCUT2D eigenvalue weighted by molar-refractivity contribution is -0.141. The smallest absolute Gasteiger partial charge is 0.264 e. The van der Waals surface area contributed by atoms with E-state index in [0.29, 0.717) is 30.2 Å². The molecule has 0 aromatic heterocycles. The summed E-state index contributed by atoms with van der Waals surface area (Å²) in [5.74, 6) is 0.312. The van der Waals surface area contributed by atoms with E-state index in [0.717, 1.165) is 15.4 Å². The molecular formula is C33H43N3O6S. The summed E-state index contributed by atoms with van der Waals surface area (Å²) in [6, 6.07) is 19.4. The van der Waals surface area contributed by atoms with Gasteiger partial charge in [-0.05, 0) is 95.1 Å². The minimum absolute atomic E-state index is 0.0150. The van der Waals surface area contributed by atoms with Crippen LogP contribution in [-0.2, 0) is 26.2 Å². The van der Waals surface area contributed by atoms with E-state index < -0.39 is 34.1 Å². The molecule has 0 aliphatic rings. The van der Waals surface area contributed by atoms with Crippen LogP contribution >= 0.6 is 0 Å². The zero-order chi connectivity index (χ0) is 31.8. The summed E-state index contributed by atoms with van der Waals surface area (Å²) >= 11 is 0. The van der Waals surface area contributed by atoms with Crippen molar-refractivity contribution in [2.24, 2.45) is 0 Å². The summed E-state index contributed by atoms with van der Waals surface area (Å²) in [5, 5.41) is 2.98. The number of rotatable bonds is 13. The topological polar surface area (TPSA) is 105 Å². The molecule has 0 aliphatic carbocycles. The van der Waals surface area contributed by atoms with Gasteiger partial charge in [-0.3, -0.25) is 13.9 Å². The number of nitrogens with zero attached hydrogens (tertiary/aromatic N) is 2. The molecule has 0 radical (unpaired) electrons. The maximum absolute atomic E-state index is 14.2. The second-order valence-electron chi connectivity index (χ2n) is 11.3. The van der Waals surface area contributed by atoms with Crippen molar-refractivity contribution < 1.29 is 27.5 Å². The summed E-state index contributed by atoms with van der Waals surface area (Å²) in [4.78, 5) is 29.2. The Bertz CT molecular complexity index is 1480. The summed E-state index contributed by atoms with van der Waals surface area (Å²) in [7, 11) is -2.63. The Morgan fingerprint density at radius 1 is 0.930 bits per heavy atom. The Morgan fingerprint density at radius 3 is 2.14 bits per heavy atom. The normalized spacial score (nSPS) is 12.3. The van der Waals surface area contributed by atoms with Crippen molar-refractivity contribution in [2.75, 3.05) is 24.6 Å². The Balaban J connectivity index is 2.07. The number of methoxy groups -OCH3 is 1. The molecule has 0 saturated carbocycles. The first kappa shape index (κ1) is 33.5. The monoisotopic (exact) mass is 609 g/mol. The van der Waals surface area contributed by atoms with E-state index in [1.807, 2.05) is 53.7 Å². The number of hydrogen-bond acceptors (Lipinski definition) is 6. The van der Waals surface area contributed by atoms with Crippen LogP contribution in [0.4, 0.5) is 5.69 Å². The third kappa shape index (κ3) is 8.97. The number of ether oxygens (including phenoxy) is 2. The summed E-state index contributed by atoms with van der Waals surface area (Å²) in [6.45, 7) is 11.2. The first-order valence-electron chi connectivity index (χ1n) is 14.4. The number of aryl methyl sites for hydroxylation is 1.